The van der Waals surface area contributed by atoms with Crippen molar-refractivity contribution in [1.29, 1.82) is 0 Å². The van der Waals surface area contributed by atoms with E-state index < -0.39 is 8.32 Å². The highest BCUT2D eigenvalue weighted by atomic mass is 28.4. The molecule has 9 heteroatoms. The van der Waals surface area contributed by atoms with Crippen LogP contribution in [0.1, 0.15) is 20.8 Å². The van der Waals surface area contributed by atoms with E-state index in [2.05, 4.69) is 33.9 Å². The first-order chi connectivity index (χ1) is 15.7. The molecule has 1 aromatic rings. The van der Waals surface area contributed by atoms with Crippen molar-refractivity contribution in [3.63, 3.8) is 0 Å². The van der Waals surface area contributed by atoms with Crippen LogP contribution in [0.3, 0.4) is 0 Å². The summed E-state index contributed by atoms with van der Waals surface area (Å²) in [6.45, 7) is 17.6. The summed E-state index contributed by atoms with van der Waals surface area (Å²) < 4.78 is 39.1. The zero-order valence-corrected chi connectivity index (χ0v) is 22.2. The minimum Gasteiger partial charge on any atom is -0.489 e. The highest BCUT2D eigenvalue weighted by molar-refractivity contribution is 6.74. The van der Waals surface area contributed by atoms with Crippen LogP contribution >= 0.6 is 0 Å². The highest BCUT2D eigenvalue weighted by Gasteiger charge is 2.36. The van der Waals surface area contributed by atoms with Gasteiger partial charge in [-0.25, -0.2) is 0 Å². The molecule has 0 aromatic heterocycles. The fourth-order valence-electron chi connectivity index (χ4n) is 2.38. The predicted molar refractivity (Wildman–Crippen MR) is 134 cm³/mol. The minimum atomic E-state index is -1.68. The number of hydrogen-bond donors (Lipinski definition) is 1. The van der Waals surface area contributed by atoms with E-state index in [1.807, 2.05) is 18.2 Å². The molecule has 0 amide bonds. The van der Waals surface area contributed by atoms with Crippen LogP contribution in [-0.2, 0) is 28.1 Å². The van der Waals surface area contributed by atoms with Gasteiger partial charge in [-0.15, -0.1) is 0 Å². The van der Waals surface area contributed by atoms with E-state index in [0.717, 1.165) is 0 Å². The molecule has 2 N–H and O–H groups in total. The van der Waals surface area contributed by atoms with Crippen LogP contribution in [0.15, 0.2) is 24.3 Å². The largest absolute Gasteiger partial charge is 0.489 e. The molecule has 0 aliphatic heterocycles. The molecule has 8 nitrogen and oxygen atoms in total. The van der Waals surface area contributed by atoms with Crippen molar-refractivity contribution >= 4 is 14.0 Å². The first kappa shape index (κ1) is 29.8. The molecular formula is C24H45NO7Si. The summed E-state index contributed by atoms with van der Waals surface area (Å²) in [6, 6.07) is 7.40. The normalized spacial score (nSPS) is 12.3. The zero-order chi connectivity index (χ0) is 24.4. The molecule has 33 heavy (non-hydrogen) atoms. The van der Waals surface area contributed by atoms with Gasteiger partial charge in [-0.3, -0.25) is 0 Å². The van der Waals surface area contributed by atoms with E-state index in [1.54, 1.807) is 6.07 Å². The number of nitrogens with two attached hydrogens (primary N) is 1. The molecular weight excluding hydrogens is 442 g/mol. The van der Waals surface area contributed by atoms with Crippen LogP contribution in [0, 0.1) is 0 Å². The lowest BCUT2D eigenvalue weighted by molar-refractivity contribution is -0.0144. The number of anilines is 1. The maximum atomic E-state index is 6.06. The Bertz CT molecular complexity index is 611. The molecule has 0 atom stereocenters. The summed E-state index contributed by atoms with van der Waals surface area (Å²) in [5, 5.41) is 0.225. The van der Waals surface area contributed by atoms with Gasteiger partial charge in [-0.1, -0.05) is 32.9 Å². The van der Waals surface area contributed by atoms with E-state index in [9.17, 15) is 0 Å². The number of hydrogen-bond acceptors (Lipinski definition) is 8. The summed E-state index contributed by atoms with van der Waals surface area (Å²) in [6.07, 6.45) is 0. The summed E-state index contributed by atoms with van der Waals surface area (Å²) in [5.41, 5.74) is 6.43. The molecule has 192 valence electrons. The van der Waals surface area contributed by atoms with Crippen LogP contribution < -0.4 is 10.5 Å². The van der Waals surface area contributed by atoms with Gasteiger partial charge in [0.1, 0.15) is 12.4 Å². The second kappa shape index (κ2) is 17.3. The van der Waals surface area contributed by atoms with E-state index in [4.69, 9.17) is 38.6 Å². The maximum Gasteiger partial charge on any atom is 0.192 e. The van der Waals surface area contributed by atoms with Crippen molar-refractivity contribution in [3.05, 3.63) is 24.3 Å². The Morgan fingerprint density at radius 2 is 1.03 bits per heavy atom. The molecule has 0 unspecified atom stereocenters. The zero-order valence-electron chi connectivity index (χ0n) is 21.2. The van der Waals surface area contributed by atoms with Gasteiger partial charge in [0.2, 0.25) is 0 Å². The molecule has 1 aromatic carbocycles. The second-order valence-electron chi connectivity index (χ2n) is 9.06. The second-order valence-corrected chi connectivity index (χ2v) is 13.9. The Balaban J connectivity index is 1.77. The minimum absolute atomic E-state index is 0.225. The Morgan fingerprint density at radius 3 is 1.45 bits per heavy atom. The van der Waals surface area contributed by atoms with Crippen molar-refractivity contribution in [2.45, 2.75) is 38.9 Å². The Hall–Kier alpha value is -1.20. The lowest BCUT2D eigenvalue weighted by Gasteiger charge is -2.36. The summed E-state index contributed by atoms with van der Waals surface area (Å²) >= 11 is 0. The molecule has 0 aliphatic rings. The number of rotatable bonds is 20. The van der Waals surface area contributed by atoms with E-state index in [-0.39, 0.29) is 5.04 Å². The third-order valence-corrected chi connectivity index (χ3v) is 9.93. The van der Waals surface area contributed by atoms with Gasteiger partial charge in [0.15, 0.2) is 8.32 Å². The van der Waals surface area contributed by atoms with Gasteiger partial charge in [0.05, 0.1) is 78.4 Å². The van der Waals surface area contributed by atoms with Gasteiger partial charge in [-0.05, 0) is 30.3 Å². The van der Waals surface area contributed by atoms with Gasteiger partial charge < -0.3 is 38.6 Å². The quantitative estimate of drug-likeness (QED) is 0.169. The Morgan fingerprint density at radius 1 is 0.636 bits per heavy atom. The van der Waals surface area contributed by atoms with Crippen LogP contribution in [0.2, 0.25) is 18.1 Å². The molecule has 0 bridgehead atoms. The molecule has 0 fully saturated rings. The monoisotopic (exact) mass is 487 g/mol. The van der Waals surface area contributed by atoms with Crippen LogP contribution in [-0.4, -0.2) is 87.6 Å². The Kier molecular flexibility index (Phi) is 15.6. The Labute approximate surface area is 201 Å². The van der Waals surface area contributed by atoms with Gasteiger partial charge in [0, 0.05) is 0 Å². The lowest BCUT2D eigenvalue weighted by Crippen LogP contribution is -2.41. The number of benzene rings is 1. The average Bonchev–Trinajstić information content (AvgIpc) is 2.75. The smallest absolute Gasteiger partial charge is 0.192 e. The predicted octanol–water partition coefficient (Wildman–Crippen LogP) is 3.75. The van der Waals surface area contributed by atoms with E-state index in [1.165, 1.54) is 0 Å². The van der Waals surface area contributed by atoms with E-state index >= 15 is 0 Å². The SMILES string of the molecule is CC(C)(C)[Si](C)(C)OCCOCCOCCOCCOCCOCCOc1ccccc1N. The first-order valence-corrected chi connectivity index (χ1v) is 14.6. The fourth-order valence-corrected chi connectivity index (χ4v) is 3.40. The first-order valence-electron chi connectivity index (χ1n) is 11.7. The van der Waals surface area contributed by atoms with Crippen LogP contribution in [0.5, 0.6) is 5.75 Å². The molecule has 0 spiro atoms. The van der Waals surface area contributed by atoms with Gasteiger partial charge in [-0.2, -0.15) is 0 Å². The standard InChI is InChI=1S/C24H45NO7Si/c1-24(2,3)33(4,5)32-21-19-30-17-15-28-13-11-26-10-12-27-14-16-29-18-20-31-23-9-7-6-8-22(23)25/h6-9H,10-21,25H2,1-5H3. The molecule has 0 radical (unpaired) electrons. The third-order valence-electron chi connectivity index (χ3n) is 5.39. The van der Waals surface area contributed by atoms with Crippen LogP contribution in [0.25, 0.3) is 0 Å². The topological polar surface area (TPSA) is 90.6 Å². The van der Waals surface area contributed by atoms with Crippen molar-refractivity contribution in [3.8, 4) is 5.75 Å². The lowest BCUT2D eigenvalue weighted by atomic mass is 10.2. The highest BCUT2D eigenvalue weighted by Crippen LogP contribution is 2.36. The summed E-state index contributed by atoms with van der Waals surface area (Å²) in [4.78, 5) is 0. The number of para-hydroxylation sites is 2. The van der Waals surface area contributed by atoms with Crippen LogP contribution in [0.4, 0.5) is 5.69 Å². The van der Waals surface area contributed by atoms with Crippen molar-refractivity contribution in [2.24, 2.45) is 0 Å². The molecule has 0 saturated carbocycles. The fraction of sp³-hybridized carbons (Fsp3) is 0.750. The molecule has 0 saturated heterocycles. The maximum absolute atomic E-state index is 6.06. The molecule has 0 aliphatic carbocycles. The van der Waals surface area contributed by atoms with Gasteiger partial charge >= 0.3 is 0 Å². The van der Waals surface area contributed by atoms with Crippen molar-refractivity contribution in [2.75, 3.05) is 85.0 Å². The summed E-state index contributed by atoms with van der Waals surface area (Å²) in [7, 11) is -1.68. The van der Waals surface area contributed by atoms with Crippen molar-refractivity contribution < 1.29 is 32.8 Å². The average molecular weight is 488 g/mol. The van der Waals surface area contributed by atoms with E-state index in [0.29, 0.717) is 90.7 Å². The number of ether oxygens (including phenoxy) is 6. The molecule has 1 rings (SSSR count). The van der Waals surface area contributed by atoms with Crippen molar-refractivity contribution in [1.82, 2.24) is 0 Å². The number of nitrogen functional groups attached to an aromatic ring is 1. The van der Waals surface area contributed by atoms with Gasteiger partial charge in [0.25, 0.3) is 0 Å². The molecule has 0 heterocycles. The third kappa shape index (κ3) is 14.6. The summed E-state index contributed by atoms with van der Waals surface area (Å²) in [5.74, 6) is 0.678.